The molecule has 0 bridgehead atoms. The highest BCUT2D eigenvalue weighted by atomic mass is 19.1. The van der Waals surface area contributed by atoms with Gasteiger partial charge in [-0.3, -0.25) is 4.79 Å². The third-order valence-electron chi connectivity index (χ3n) is 6.32. The zero-order valence-electron chi connectivity index (χ0n) is 17.6. The first-order valence-electron chi connectivity index (χ1n) is 10.9. The second-order valence-corrected chi connectivity index (χ2v) is 8.56. The van der Waals surface area contributed by atoms with Crippen LogP contribution in [0.25, 0.3) is 10.9 Å². The smallest absolute Gasteiger partial charge is 0.223 e. The number of carbonyl (C=O) groups excluding carboxylic acids is 1. The third-order valence-corrected chi connectivity index (χ3v) is 6.32. The van der Waals surface area contributed by atoms with E-state index in [9.17, 15) is 9.18 Å². The van der Waals surface area contributed by atoms with Crippen molar-refractivity contribution in [1.29, 1.82) is 0 Å². The molecule has 5 nitrogen and oxygen atoms in total. The molecule has 0 unspecified atom stereocenters. The van der Waals surface area contributed by atoms with E-state index < -0.39 is 0 Å². The quantitative estimate of drug-likeness (QED) is 0.481. The van der Waals surface area contributed by atoms with Crippen LogP contribution in [0.1, 0.15) is 41.6 Å². The van der Waals surface area contributed by atoms with Crippen molar-refractivity contribution < 1.29 is 14.0 Å². The van der Waals surface area contributed by atoms with Crippen molar-refractivity contribution in [2.75, 3.05) is 7.11 Å². The van der Waals surface area contributed by atoms with Crippen molar-refractivity contribution in [2.45, 2.75) is 44.7 Å². The molecule has 1 fully saturated rings. The van der Waals surface area contributed by atoms with Crippen LogP contribution in [0.3, 0.4) is 0 Å². The molecule has 160 valence electrons. The van der Waals surface area contributed by atoms with Gasteiger partial charge in [0.2, 0.25) is 5.91 Å². The minimum Gasteiger partial charge on any atom is -0.399 e. The molecule has 0 radical (unpaired) electrons. The Morgan fingerprint density at radius 2 is 2.13 bits per heavy atom. The molecule has 6 heteroatoms. The van der Waals surface area contributed by atoms with Gasteiger partial charge in [-0.2, -0.15) is 0 Å². The van der Waals surface area contributed by atoms with Crippen molar-refractivity contribution in [1.82, 2.24) is 9.88 Å². The lowest BCUT2D eigenvalue weighted by Crippen LogP contribution is -2.39. The minimum atomic E-state index is -0.219. The molecule has 1 heterocycles. The molecular formula is C25H26FN3O2. The van der Waals surface area contributed by atoms with E-state index in [0.29, 0.717) is 6.54 Å². The molecule has 31 heavy (non-hydrogen) atoms. The molecular weight excluding hydrogens is 393 g/mol. The summed E-state index contributed by atoms with van der Waals surface area (Å²) in [6, 6.07) is 13.2. The number of oxime groups is 1. The van der Waals surface area contributed by atoms with Gasteiger partial charge in [0.05, 0.1) is 6.21 Å². The molecule has 1 amide bonds. The van der Waals surface area contributed by atoms with Crippen LogP contribution in [-0.4, -0.2) is 29.8 Å². The van der Waals surface area contributed by atoms with Gasteiger partial charge in [-0.05, 0) is 73.1 Å². The van der Waals surface area contributed by atoms with Crippen LogP contribution >= 0.6 is 0 Å². The predicted octanol–water partition coefficient (Wildman–Crippen LogP) is 4.19. The molecule has 2 aliphatic carbocycles. The molecule has 3 aromatic rings. The summed E-state index contributed by atoms with van der Waals surface area (Å²) in [6.07, 6.45) is 6.34. The average molecular weight is 420 g/mol. The maximum Gasteiger partial charge on any atom is 0.223 e. The Kier molecular flexibility index (Phi) is 5.22. The van der Waals surface area contributed by atoms with E-state index in [2.05, 4.69) is 27.2 Å². The Labute approximate surface area is 180 Å². The summed E-state index contributed by atoms with van der Waals surface area (Å²) in [7, 11) is 1.53. The number of amides is 1. The normalized spacial score (nSPS) is 18.3. The van der Waals surface area contributed by atoms with E-state index in [0.717, 1.165) is 54.1 Å². The Hall–Kier alpha value is -3.15. The highest BCUT2D eigenvalue weighted by Gasteiger charge is 2.33. The van der Waals surface area contributed by atoms with Gasteiger partial charge in [-0.15, -0.1) is 0 Å². The Balaban J connectivity index is 1.54. The van der Waals surface area contributed by atoms with Gasteiger partial charge in [-0.1, -0.05) is 23.4 Å². The summed E-state index contributed by atoms with van der Waals surface area (Å²) < 4.78 is 16.1. The summed E-state index contributed by atoms with van der Waals surface area (Å²) in [5.41, 5.74) is 5.57. The van der Waals surface area contributed by atoms with E-state index >= 15 is 0 Å². The maximum atomic E-state index is 13.8. The molecule has 0 aliphatic heterocycles. The molecule has 2 aliphatic rings. The Bertz CT molecular complexity index is 1160. The van der Waals surface area contributed by atoms with Crippen LogP contribution in [0.4, 0.5) is 4.39 Å². The van der Waals surface area contributed by atoms with Gasteiger partial charge in [0.15, 0.2) is 0 Å². The molecule has 5 rings (SSSR count). The Morgan fingerprint density at radius 3 is 2.90 bits per heavy atom. The van der Waals surface area contributed by atoms with Gasteiger partial charge in [0, 0.05) is 35.1 Å². The van der Waals surface area contributed by atoms with Crippen LogP contribution in [-0.2, 0) is 29.0 Å². The van der Waals surface area contributed by atoms with Gasteiger partial charge < -0.3 is 14.7 Å². The van der Waals surface area contributed by atoms with Gasteiger partial charge >= 0.3 is 0 Å². The largest absolute Gasteiger partial charge is 0.399 e. The topological polar surface area (TPSA) is 55.6 Å². The van der Waals surface area contributed by atoms with Crippen LogP contribution in [0.15, 0.2) is 47.6 Å². The molecule has 1 N–H and O–H groups in total. The second kappa shape index (κ2) is 8.17. The number of nitrogens with zero attached hydrogens (tertiary/aromatic N) is 2. The Morgan fingerprint density at radius 1 is 1.26 bits per heavy atom. The average Bonchev–Trinajstić information content (AvgIpc) is 3.58. The number of benzene rings is 2. The number of fused-ring (bicyclic) bond motifs is 3. The summed E-state index contributed by atoms with van der Waals surface area (Å²) in [4.78, 5) is 17.2. The highest BCUT2D eigenvalue weighted by molar-refractivity contribution is 5.92. The first kappa shape index (κ1) is 19.8. The van der Waals surface area contributed by atoms with Crippen LogP contribution in [0, 0.1) is 11.7 Å². The van der Waals surface area contributed by atoms with Crippen LogP contribution < -0.4 is 5.32 Å². The van der Waals surface area contributed by atoms with E-state index in [4.69, 9.17) is 4.84 Å². The molecule has 1 saturated carbocycles. The standard InChI is InChI=1S/C25H26FN3O2/c1-31-27-14-16-5-9-23-21(12-16)22-13-20(28-25(30)18-6-7-18)8-10-24(22)29(23)15-17-3-2-4-19(26)11-17/h2-5,9,11-12,14,18,20H,6-8,10,13,15H2,1H3,(H,28,30)/t20-/m1/s1. The first-order chi connectivity index (χ1) is 15.1. The van der Waals surface area contributed by atoms with Crippen molar-refractivity contribution in [2.24, 2.45) is 11.1 Å². The van der Waals surface area contributed by atoms with E-state index in [-0.39, 0.29) is 23.7 Å². The summed E-state index contributed by atoms with van der Waals surface area (Å²) in [5, 5.41) is 8.32. The SMILES string of the molecule is CON=Cc1ccc2c(c1)c1c(n2Cc2cccc(F)c2)CC[C@@H](NC(=O)C2CC2)C1. The number of rotatable bonds is 6. The van der Waals surface area contributed by atoms with Crippen molar-refractivity contribution in [3.63, 3.8) is 0 Å². The molecule has 1 atom stereocenters. The number of nitrogens with one attached hydrogen (secondary N) is 1. The molecule has 0 spiro atoms. The monoisotopic (exact) mass is 419 g/mol. The fourth-order valence-corrected chi connectivity index (χ4v) is 4.65. The lowest BCUT2D eigenvalue weighted by molar-refractivity contribution is -0.123. The lowest BCUT2D eigenvalue weighted by Gasteiger charge is -2.25. The molecule has 0 saturated heterocycles. The number of aromatic nitrogens is 1. The fourth-order valence-electron chi connectivity index (χ4n) is 4.65. The van der Waals surface area contributed by atoms with Gasteiger partial charge in [0.1, 0.15) is 12.9 Å². The number of hydrogen-bond acceptors (Lipinski definition) is 3. The first-order valence-corrected chi connectivity index (χ1v) is 10.9. The number of halogens is 1. The maximum absolute atomic E-state index is 13.8. The second-order valence-electron chi connectivity index (χ2n) is 8.56. The lowest BCUT2D eigenvalue weighted by atomic mass is 9.91. The van der Waals surface area contributed by atoms with Crippen molar-refractivity contribution in [3.8, 4) is 0 Å². The van der Waals surface area contributed by atoms with Gasteiger partial charge in [-0.25, -0.2) is 4.39 Å². The number of carbonyl (C=O) groups is 1. The fraction of sp³-hybridized carbons (Fsp3) is 0.360. The summed E-state index contributed by atoms with van der Waals surface area (Å²) in [6.45, 7) is 0.619. The number of hydrogen-bond donors (Lipinski definition) is 1. The summed E-state index contributed by atoms with van der Waals surface area (Å²) in [5.74, 6) is 0.196. The van der Waals surface area contributed by atoms with Gasteiger partial charge in [0.25, 0.3) is 0 Å². The molecule has 2 aromatic carbocycles. The highest BCUT2D eigenvalue weighted by Crippen LogP contribution is 2.35. The van der Waals surface area contributed by atoms with Crippen LogP contribution in [0.2, 0.25) is 0 Å². The third kappa shape index (κ3) is 4.07. The van der Waals surface area contributed by atoms with Crippen molar-refractivity contribution >= 4 is 23.0 Å². The van der Waals surface area contributed by atoms with Crippen LogP contribution in [0.5, 0.6) is 0 Å². The minimum absolute atomic E-state index is 0.158. The van der Waals surface area contributed by atoms with E-state index in [1.54, 1.807) is 18.3 Å². The zero-order valence-corrected chi connectivity index (χ0v) is 17.6. The predicted molar refractivity (Wildman–Crippen MR) is 119 cm³/mol. The summed E-state index contributed by atoms with van der Waals surface area (Å²) >= 11 is 0. The van der Waals surface area contributed by atoms with Crippen molar-refractivity contribution in [3.05, 3.63) is 70.7 Å². The zero-order chi connectivity index (χ0) is 21.4. The van der Waals surface area contributed by atoms with E-state index in [1.165, 1.54) is 24.4 Å². The molecule has 1 aromatic heterocycles. The van der Waals surface area contributed by atoms with E-state index in [1.807, 2.05) is 12.1 Å².